The van der Waals surface area contributed by atoms with Gasteiger partial charge in [0, 0.05) is 45.5 Å². The fourth-order valence-electron chi connectivity index (χ4n) is 5.37. The van der Waals surface area contributed by atoms with Crippen molar-refractivity contribution in [2.75, 3.05) is 44.7 Å². The van der Waals surface area contributed by atoms with Crippen LogP contribution < -0.4 is 15.5 Å². The van der Waals surface area contributed by atoms with E-state index < -0.39 is 0 Å². The summed E-state index contributed by atoms with van der Waals surface area (Å²) < 4.78 is 0. The number of rotatable bonds is 8. The largest absolute Gasteiger partial charge is 0.370 e. The number of nitrogens with zero attached hydrogens (tertiary/aromatic N) is 3. The van der Waals surface area contributed by atoms with E-state index in [4.69, 9.17) is 0 Å². The Bertz CT molecular complexity index is 866. The van der Waals surface area contributed by atoms with Gasteiger partial charge in [-0.3, -0.25) is 19.5 Å². The Hall–Kier alpha value is -2.83. The number of likely N-dealkylation sites (tertiary alicyclic amines) is 1. The molecular weight excluding hydrogens is 390 g/mol. The van der Waals surface area contributed by atoms with Crippen molar-refractivity contribution in [3.8, 4) is 0 Å². The quantitative estimate of drug-likeness (QED) is 0.289. The smallest absolute Gasteiger partial charge is 0.233 e. The van der Waals surface area contributed by atoms with Gasteiger partial charge in [0.05, 0.1) is 11.8 Å². The lowest BCUT2D eigenvalue weighted by atomic mass is 9.85. The number of aliphatic imine (C=N–C) groups is 1. The van der Waals surface area contributed by atoms with E-state index in [0.717, 1.165) is 26.1 Å². The van der Waals surface area contributed by atoms with Gasteiger partial charge in [-0.05, 0) is 43.7 Å². The Morgan fingerprint density at radius 3 is 2.35 bits per heavy atom. The number of hydrogen-bond acceptors (Lipinski definition) is 4. The van der Waals surface area contributed by atoms with Gasteiger partial charge in [-0.2, -0.15) is 0 Å². The van der Waals surface area contributed by atoms with Crippen molar-refractivity contribution < 1.29 is 9.59 Å². The number of allylic oxidation sites excluding steroid dienone is 2. The first-order valence-corrected chi connectivity index (χ1v) is 11.3. The van der Waals surface area contributed by atoms with Gasteiger partial charge < -0.3 is 15.5 Å². The lowest BCUT2D eigenvalue weighted by molar-refractivity contribution is -0.140. The summed E-state index contributed by atoms with van der Waals surface area (Å²) >= 11 is 0. The molecule has 4 unspecified atom stereocenters. The van der Waals surface area contributed by atoms with Crippen LogP contribution in [0.15, 0.2) is 41.4 Å². The zero-order chi connectivity index (χ0) is 22.0. The fourth-order valence-corrected chi connectivity index (χ4v) is 5.37. The summed E-state index contributed by atoms with van der Waals surface area (Å²) in [5.41, 5.74) is 2.51. The van der Waals surface area contributed by atoms with Crippen LogP contribution in [-0.4, -0.2) is 62.4 Å². The highest BCUT2D eigenvalue weighted by molar-refractivity contribution is 6.06. The molecule has 2 N–H and O–H groups in total. The van der Waals surface area contributed by atoms with Crippen molar-refractivity contribution in [2.45, 2.75) is 20.3 Å². The average Bonchev–Trinajstić information content (AvgIpc) is 3.46. The molecule has 2 fully saturated rings. The first kappa shape index (κ1) is 21.4. The summed E-state index contributed by atoms with van der Waals surface area (Å²) in [6.45, 7) is 7.68. The molecule has 2 bridgehead atoms. The monoisotopic (exact) mass is 423 g/mol. The van der Waals surface area contributed by atoms with Crippen LogP contribution in [0.25, 0.3) is 0 Å². The van der Waals surface area contributed by atoms with Crippen molar-refractivity contribution in [3.63, 3.8) is 0 Å². The number of imide groups is 1. The van der Waals surface area contributed by atoms with E-state index in [0.29, 0.717) is 19.0 Å². The van der Waals surface area contributed by atoms with E-state index in [2.05, 4.69) is 70.8 Å². The van der Waals surface area contributed by atoms with E-state index >= 15 is 0 Å². The predicted molar refractivity (Wildman–Crippen MR) is 123 cm³/mol. The standard InChI is InChI=1S/C24H33N5O2/c1-4-28(19-8-6-5-7-16(19)2)13-11-26-24(25-3)27-12-14-29-22(30)20-17-9-10-18(15-17)21(20)23(29)31/h5-10,17-18,20-21H,4,11-15H2,1-3H3,(H2,25,26,27). The molecule has 31 heavy (non-hydrogen) atoms. The third-order valence-corrected chi connectivity index (χ3v) is 6.93. The zero-order valence-corrected chi connectivity index (χ0v) is 18.7. The van der Waals surface area contributed by atoms with E-state index in [-0.39, 0.29) is 35.5 Å². The highest BCUT2D eigenvalue weighted by Gasteiger charge is 2.58. The Balaban J connectivity index is 1.23. The molecule has 0 radical (unpaired) electrons. The third kappa shape index (κ3) is 4.05. The molecular formula is C24H33N5O2. The second-order valence-electron chi connectivity index (χ2n) is 8.62. The second kappa shape index (κ2) is 9.12. The van der Waals surface area contributed by atoms with Crippen LogP contribution in [0.5, 0.6) is 0 Å². The van der Waals surface area contributed by atoms with Gasteiger partial charge in [-0.25, -0.2) is 0 Å². The molecule has 4 atom stereocenters. The molecule has 1 aromatic carbocycles. The van der Waals surface area contributed by atoms with E-state index in [1.54, 1.807) is 7.05 Å². The topological polar surface area (TPSA) is 77.0 Å². The maximum atomic E-state index is 12.8. The van der Waals surface area contributed by atoms with Gasteiger partial charge in [0.1, 0.15) is 0 Å². The lowest BCUT2D eigenvalue weighted by Crippen LogP contribution is -2.45. The minimum absolute atomic E-state index is 0.00779. The Kier molecular flexibility index (Phi) is 6.30. The SMILES string of the molecule is CCN(CCNC(=NC)NCCN1C(=O)C2C3C=CC(C3)C2C1=O)c1ccccc1C. The number of fused-ring (bicyclic) bond motifs is 5. The van der Waals surface area contributed by atoms with Crippen molar-refractivity contribution in [1.29, 1.82) is 0 Å². The number of amides is 2. The summed E-state index contributed by atoms with van der Waals surface area (Å²) in [5.74, 6) is 0.966. The number of benzene rings is 1. The number of nitrogens with one attached hydrogen (secondary N) is 2. The van der Waals surface area contributed by atoms with Gasteiger partial charge in [0.2, 0.25) is 11.8 Å². The molecule has 1 aliphatic heterocycles. The molecule has 1 saturated heterocycles. The van der Waals surface area contributed by atoms with Crippen LogP contribution in [0, 0.1) is 30.6 Å². The normalized spacial score (nSPS) is 26.5. The van der Waals surface area contributed by atoms with Crippen LogP contribution in [-0.2, 0) is 9.59 Å². The number of para-hydroxylation sites is 1. The molecule has 4 rings (SSSR count). The molecule has 0 aromatic heterocycles. The van der Waals surface area contributed by atoms with Gasteiger partial charge >= 0.3 is 0 Å². The first-order valence-electron chi connectivity index (χ1n) is 11.3. The van der Waals surface area contributed by atoms with Gasteiger partial charge in [-0.1, -0.05) is 30.4 Å². The second-order valence-corrected chi connectivity index (χ2v) is 8.62. The van der Waals surface area contributed by atoms with Crippen LogP contribution in [0.2, 0.25) is 0 Å². The van der Waals surface area contributed by atoms with E-state index in [1.807, 2.05) is 0 Å². The van der Waals surface area contributed by atoms with Crippen molar-refractivity contribution in [3.05, 3.63) is 42.0 Å². The van der Waals surface area contributed by atoms with Gasteiger partial charge in [-0.15, -0.1) is 0 Å². The minimum Gasteiger partial charge on any atom is -0.370 e. The fraction of sp³-hybridized carbons (Fsp3) is 0.542. The van der Waals surface area contributed by atoms with Crippen LogP contribution >= 0.6 is 0 Å². The maximum Gasteiger partial charge on any atom is 0.233 e. The number of anilines is 1. The molecule has 0 spiro atoms. The lowest BCUT2D eigenvalue weighted by Gasteiger charge is -2.25. The van der Waals surface area contributed by atoms with Crippen LogP contribution in [0.4, 0.5) is 5.69 Å². The Morgan fingerprint density at radius 1 is 1.10 bits per heavy atom. The Labute approximate surface area is 184 Å². The van der Waals surface area contributed by atoms with E-state index in [1.165, 1.54) is 16.2 Å². The molecule has 166 valence electrons. The van der Waals surface area contributed by atoms with Crippen molar-refractivity contribution in [1.82, 2.24) is 15.5 Å². The summed E-state index contributed by atoms with van der Waals surface area (Å²) in [6.07, 6.45) is 5.22. The predicted octanol–water partition coefficient (Wildman–Crippen LogP) is 1.79. The number of likely N-dealkylation sites (N-methyl/N-ethyl adjacent to an activating group) is 1. The van der Waals surface area contributed by atoms with Crippen molar-refractivity contribution >= 4 is 23.5 Å². The maximum absolute atomic E-state index is 12.8. The first-order chi connectivity index (χ1) is 15.0. The minimum atomic E-state index is -0.124. The molecule has 7 nitrogen and oxygen atoms in total. The average molecular weight is 424 g/mol. The van der Waals surface area contributed by atoms with Gasteiger partial charge in [0.25, 0.3) is 0 Å². The zero-order valence-electron chi connectivity index (χ0n) is 18.7. The number of carbonyl (C=O) groups is 2. The summed E-state index contributed by atoms with van der Waals surface area (Å²) in [6, 6.07) is 8.39. The van der Waals surface area contributed by atoms with Crippen LogP contribution in [0.3, 0.4) is 0 Å². The molecule has 2 aliphatic carbocycles. The number of aryl methyl sites for hydroxylation is 1. The Morgan fingerprint density at radius 2 is 1.74 bits per heavy atom. The highest BCUT2D eigenvalue weighted by Crippen LogP contribution is 2.52. The summed E-state index contributed by atoms with van der Waals surface area (Å²) in [7, 11) is 1.73. The molecule has 1 aromatic rings. The summed E-state index contributed by atoms with van der Waals surface area (Å²) in [4.78, 5) is 33.6. The molecule has 2 amide bonds. The number of guanidine groups is 1. The number of carbonyl (C=O) groups excluding carboxylic acids is 2. The van der Waals surface area contributed by atoms with Crippen molar-refractivity contribution in [2.24, 2.45) is 28.7 Å². The van der Waals surface area contributed by atoms with E-state index in [9.17, 15) is 9.59 Å². The van der Waals surface area contributed by atoms with Crippen LogP contribution in [0.1, 0.15) is 18.9 Å². The third-order valence-electron chi connectivity index (χ3n) is 6.93. The molecule has 7 heteroatoms. The molecule has 1 saturated carbocycles. The molecule has 3 aliphatic rings. The summed E-state index contributed by atoms with van der Waals surface area (Å²) in [5, 5.41) is 6.58. The number of hydrogen-bond donors (Lipinski definition) is 2. The van der Waals surface area contributed by atoms with Gasteiger partial charge in [0.15, 0.2) is 5.96 Å². The molecule has 1 heterocycles. The highest BCUT2D eigenvalue weighted by atomic mass is 16.2.